The second-order valence-electron chi connectivity index (χ2n) is 5.91. The maximum Gasteiger partial charge on any atom is 0.399 e. The Hall–Kier alpha value is -1.39. The van der Waals surface area contributed by atoms with E-state index in [1.165, 1.54) is 26.1 Å². The van der Waals surface area contributed by atoms with Gasteiger partial charge in [0.2, 0.25) is 0 Å². The molecule has 9 nitrogen and oxygen atoms in total. The molecule has 1 aliphatic rings. The molecule has 1 aliphatic heterocycles. The molecule has 1 aromatic heterocycles. The van der Waals surface area contributed by atoms with Gasteiger partial charge in [-0.2, -0.15) is 13.8 Å². The van der Waals surface area contributed by atoms with E-state index in [2.05, 4.69) is 14.0 Å². The minimum atomic E-state index is -4.77. The number of alkyl halides is 2. The van der Waals surface area contributed by atoms with E-state index in [9.17, 15) is 23.2 Å². The van der Waals surface area contributed by atoms with E-state index >= 15 is 0 Å². The predicted octanol–water partition coefficient (Wildman–Crippen LogP) is 1.72. The first-order valence-electron chi connectivity index (χ1n) is 8.01. The van der Waals surface area contributed by atoms with Crippen molar-refractivity contribution in [1.29, 1.82) is 0 Å². The number of aromatic nitrogens is 2. The summed E-state index contributed by atoms with van der Waals surface area (Å²) < 4.78 is 57.2. The minimum Gasteiger partial charge on any atom is -0.387 e. The first-order chi connectivity index (χ1) is 12.1. The summed E-state index contributed by atoms with van der Waals surface area (Å²) in [5.74, 6) is 0.000379. The van der Waals surface area contributed by atoms with Crippen molar-refractivity contribution in [2.45, 2.75) is 44.2 Å². The number of nitrogens with two attached hydrogens (primary N) is 1. The van der Waals surface area contributed by atoms with Gasteiger partial charge >= 0.3 is 18.9 Å². The number of ether oxygens (including phenoxy) is 1. The van der Waals surface area contributed by atoms with Crippen molar-refractivity contribution in [2.24, 2.45) is 0 Å². The molecule has 1 fully saturated rings. The van der Waals surface area contributed by atoms with Crippen LogP contribution >= 0.6 is 7.60 Å². The van der Waals surface area contributed by atoms with Gasteiger partial charge in [-0.1, -0.05) is 0 Å². The highest BCUT2D eigenvalue weighted by atomic mass is 31.2. The van der Waals surface area contributed by atoms with Crippen molar-refractivity contribution in [3.05, 3.63) is 22.7 Å². The van der Waals surface area contributed by atoms with E-state index in [0.717, 1.165) is 4.57 Å². The van der Waals surface area contributed by atoms with Gasteiger partial charge in [-0.05, 0) is 19.9 Å². The Balaban J connectivity index is 2.18. The molecule has 0 amide bonds. The van der Waals surface area contributed by atoms with Crippen LogP contribution < -0.4 is 11.4 Å². The molecule has 0 unspecified atom stereocenters. The van der Waals surface area contributed by atoms with Crippen LogP contribution in [0.15, 0.2) is 17.1 Å². The summed E-state index contributed by atoms with van der Waals surface area (Å²) in [6, 6.07) is 1.34. The van der Waals surface area contributed by atoms with Crippen LogP contribution in [-0.2, 0) is 18.3 Å². The lowest BCUT2D eigenvalue weighted by Gasteiger charge is -2.31. The van der Waals surface area contributed by atoms with Gasteiger partial charge in [0.15, 0.2) is 0 Å². The van der Waals surface area contributed by atoms with E-state index in [1.807, 2.05) is 0 Å². The number of hydrogen-bond donors (Lipinski definition) is 2. The van der Waals surface area contributed by atoms with E-state index < -0.39 is 43.8 Å². The second kappa shape index (κ2) is 7.69. The topological polar surface area (TPSA) is 126 Å². The number of hydrogen-bond acceptors (Lipinski definition) is 8. The van der Waals surface area contributed by atoms with E-state index in [0.29, 0.717) is 0 Å². The van der Waals surface area contributed by atoms with Crippen molar-refractivity contribution >= 4 is 13.4 Å². The average Bonchev–Trinajstić information content (AvgIpc) is 2.88. The highest BCUT2D eigenvalue weighted by molar-refractivity contribution is 7.55. The Bertz CT molecular complexity index is 736. The minimum absolute atomic E-state index is 0.000379. The molecular formula is C14H22F2N3O6P. The largest absolute Gasteiger partial charge is 0.399 e. The summed E-state index contributed by atoms with van der Waals surface area (Å²) in [6.45, 7) is 1.85. The van der Waals surface area contributed by atoms with Gasteiger partial charge in [0.05, 0.1) is 31.8 Å². The van der Waals surface area contributed by atoms with Crippen molar-refractivity contribution in [2.75, 3.05) is 25.6 Å². The Kier molecular flexibility index (Phi) is 6.19. The number of nitrogens with zero attached hydrogens (tertiary/aromatic N) is 2. The first-order valence-corrected chi connectivity index (χ1v) is 9.56. The summed E-state index contributed by atoms with van der Waals surface area (Å²) in [4.78, 5) is 15.3. The summed E-state index contributed by atoms with van der Waals surface area (Å²) in [5.41, 5.74) is -1.30. The molecule has 26 heavy (non-hydrogen) atoms. The summed E-state index contributed by atoms with van der Waals surface area (Å²) in [6.07, 6.45) is -1.24. The zero-order chi connectivity index (χ0) is 19.6. The predicted molar refractivity (Wildman–Crippen MR) is 87.9 cm³/mol. The molecule has 12 heteroatoms. The van der Waals surface area contributed by atoms with Crippen LogP contribution in [0.4, 0.5) is 14.6 Å². The summed E-state index contributed by atoms with van der Waals surface area (Å²) >= 11 is 0. The average molecular weight is 397 g/mol. The fraction of sp³-hybridized carbons (Fsp3) is 0.714. The molecule has 2 rings (SSSR count). The molecule has 1 saturated heterocycles. The standard InChI is InChI=1S/C14H22F2N3O6P/c1-3-24-26(22,25-4-2)14(15,16)8-13(21)7-11(23-9-13)19-6-5-10(17)18-12(19)20/h5-6,11,21H,3-4,7-9H2,1-2H3,(H2,17,18,20)/t11-,13-/m1/s1. The fourth-order valence-corrected chi connectivity index (χ4v) is 4.32. The Labute approximate surface area is 148 Å². The highest BCUT2D eigenvalue weighted by Gasteiger charge is 2.58. The number of anilines is 1. The molecular weight excluding hydrogens is 375 g/mol. The van der Waals surface area contributed by atoms with Gasteiger partial charge in [0.1, 0.15) is 12.0 Å². The van der Waals surface area contributed by atoms with Gasteiger partial charge in [-0.25, -0.2) is 4.79 Å². The zero-order valence-electron chi connectivity index (χ0n) is 14.4. The lowest BCUT2D eigenvalue weighted by molar-refractivity contribution is -0.0614. The van der Waals surface area contributed by atoms with Crippen LogP contribution in [-0.4, -0.2) is 45.7 Å². The molecule has 0 radical (unpaired) electrons. The van der Waals surface area contributed by atoms with Crippen LogP contribution in [0.5, 0.6) is 0 Å². The van der Waals surface area contributed by atoms with Gasteiger partial charge < -0.3 is 24.6 Å². The van der Waals surface area contributed by atoms with Crippen LogP contribution in [0.3, 0.4) is 0 Å². The summed E-state index contributed by atoms with van der Waals surface area (Å²) in [5, 5.41) is 10.5. The monoisotopic (exact) mass is 397 g/mol. The van der Waals surface area contributed by atoms with E-state index in [4.69, 9.17) is 10.5 Å². The molecule has 1 aromatic rings. The van der Waals surface area contributed by atoms with Crippen molar-refractivity contribution in [3.8, 4) is 0 Å². The Morgan fingerprint density at radius 3 is 2.65 bits per heavy atom. The van der Waals surface area contributed by atoms with Crippen molar-refractivity contribution < 1.29 is 32.2 Å². The second-order valence-corrected chi connectivity index (χ2v) is 8.08. The third-order valence-electron chi connectivity index (χ3n) is 3.80. The quantitative estimate of drug-likeness (QED) is 0.635. The molecule has 2 atom stereocenters. The number of rotatable bonds is 8. The Morgan fingerprint density at radius 1 is 1.50 bits per heavy atom. The Morgan fingerprint density at radius 2 is 2.12 bits per heavy atom. The third kappa shape index (κ3) is 4.29. The van der Waals surface area contributed by atoms with Gasteiger partial charge in [0, 0.05) is 12.6 Å². The van der Waals surface area contributed by atoms with Crippen molar-refractivity contribution in [1.82, 2.24) is 9.55 Å². The third-order valence-corrected chi connectivity index (χ3v) is 5.96. The lowest BCUT2D eigenvalue weighted by atomic mass is 9.98. The highest BCUT2D eigenvalue weighted by Crippen LogP contribution is 2.64. The molecule has 148 valence electrons. The number of halogens is 2. The molecule has 0 spiro atoms. The molecule has 2 heterocycles. The number of aliphatic hydroxyl groups is 1. The maximum absolute atomic E-state index is 14.6. The molecule has 0 bridgehead atoms. The molecule has 3 N–H and O–H groups in total. The molecule has 0 aromatic carbocycles. The molecule has 0 aliphatic carbocycles. The summed E-state index contributed by atoms with van der Waals surface area (Å²) in [7, 11) is -4.77. The van der Waals surface area contributed by atoms with Crippen LogP contribution in [0.1, 0.15) is 32.9 Å². The van der Waals surface area contributed by atoms with Crippen molar-refractivity contribution in [3.63, 3.8) is 0 Å². The smallest absolute Gasteiger partial charge is 0.387 e. The fourth-order valence-electron chi connectivity index (χ4n) is 2.70. The van der Waals surface area contributed by atoms with Gasteiger partial charge in [-0.15, -0.1) is 0 Å². The SMILES string of the molecule is CCOP(=O)(OCC)C(F)(F)C[C@@]1(O)CO[C@@H](n2ccc(N)nc2=O)C1. The maximum atomic E-state index is 14.6. The van der Waals surface area contributed by atoms with Crippen LogP contribution in [0, 0.1) is 0 Å². The van der Waals surface area contributed by atoms with Gasteiger partial charge in [-0.3, -0.25) is 9.13 Å². The lowest BCUT2D eigenvalue weighted by Crippen LogP contribution is -2.38. The van der Waals surface area contributed by atoms with E-state index in [-0.39, 0.29) is 25.5 Å². The van der Waals surface area contributed by atoms with E-state index in [1.54, 1.807) is 0 Å². The van der Waals surface area contributed by atoms with Crippen LogP contribution in [0.25, 0.3) is 0 Å². The zero-order valence-corrected chi connectivity index (χ0v) is 15.3. The first kappa shape index (κ1) is 20.9. The van der Waals surface area contributed by atoms with Gasteiger partial charge in [0.25, 0.3) is 0 Å². The van der Waals surface area contributed by atoms with Crippen LogP contribution in [0.2, 0.25) is 0 Å². The normalized spacial score (nSPS) is 24.1. The number of nitrogen functional groups attached to an aromatic ring is 1. The molecule has 0 saturated carbocycles.